The van der Waals surface area contributed by atoms with Gasteiger partial charge in [0.05, 0.1) is 5.02 Å². The fourth-order valence-corrected chi connectivity index (χ4v) is 1.55. The Hall–Kier alpha value is -0.890. The molecule has 1 saturated carbocycles. The molecule has 0 unspecified atom stereocenters. The lowest BCUT2D eigenvalue weighted by molar-refractivity contribution is 0.0976. The van der Waals surface area contributed by atoms with Gasteiger partial charge in [0, 0.05) is 12.0 Å². The van der Waals surface area contributed by atoms with Gasteiger partial charge < -0.3 is 0 Å². The number of hydrogen-bond donors (Lipinski definition) is 0. The average molecular weight is 213 g/mol. The first-order chi connectivity index (χ1) is 6.66. The lowest BCUT2D eigenvalue weighted by Crippen LogP contribution is -2.00. The van der Waals surface area contributed by atoms with Crippen LogP contribution >= 0.6 is 11.6 Å². The molecule has 0 radical (unpaired) electrons. The van der Waals surface area contributed by atoms with Crippen molar-refractivity contribution in [3.63, 3.8) is 0 Å². The van der Waals surface area contributed by atoms with Crippen LogP contribution in [0.25, 0.3) is 0 Å². The molecule has 74 valence electrons. The highest BCUT2D eigenvalue weighted by Crippen LogP contribution is 2.33. The first-order valence-electron chi connectivity index (χ1n) is 4.65. The van der Waals surface area contributed by atoms with E-state index in [1.54, 1.807) is 0 Å². The first-order valence-corrected chi connectivity index (χ1v) is 5.03. The van der Waals surface area contributed by atoms with E-state index in [1.807, 2.05) is 0 Å². The van der Waals surface area contributed by atoms with Gasteiger partial charge in [-0.2, -0.15) is 0 Å². The molecule has 1 aliphatic carbocycles. The molecule has 3 heteroatoms. The molecule has 0 heterocycles. The van der Waals surface area contributed by atoms with Crippen LogP contribution in [0.2, 0.25) is 5.02 Å². The minimum absolute atomic E-state index is 0.0200. The van der Waals surface area contributed by atoms with Crippen molar-refractivity contribution in [3.05, 3.63) is 34.6 Å². The molecule has 0 spiro atoms. The van der Waals surface area contributed by atoms with Gasteiger partial charge in [0.2, 0.25) is 0 Å². The standard InChI is InChI=1S/C11H10ClFO/c12-9-6-8(3-4-10(9)13)11(14)5-7-1-2-7/h3-4,6-7H,1-2,5H2. The summed E-state index contributed by atoms with van der Waals surface area (Å²) in [6, 6.07) is 4.13. The Kier molecular flexibility index (Phi) is 2.55. The summed E-state index contributed by atoms with van der Waals surface area (Å²) in [6.45, 7) is 0. The van der Waals surface area contributed by atoms with E-state index in [0.717, 1.165) is 12.8 Å². The van der Waals surface area contributed by atoms with E-state index in [-0.39, 0.29) is 10.8 Å². The van der Waals surface area contributed by atoms with Crippen molar-refractivity contribution < 1.29 is 9.18 Å². The van der Waals surface area contributed by atoms with Crippen LogP contribution in [0.3, 0.4) is 0 Å². The first kappa shape index (κ1) is 9.66. The molecule has 1 fully saturated rings. The summed E-state index contributed by atoms with van der Waals surface area (Å²) in [5.41, 5.74) is 0.517. The van der Waals surface area contributed by atoms with Gasteiger partial charge >= 0.3 is 0 Å². The Morgan fingerprint density at radius 3 is 2.79 bits per heavy atom. The van der Waals surface area contributed by atoms with Crippen molar-refractivity contribution in [1.82, 2.24) is 0 Å². The smallest absolute Gasteiger partial charge is 0.163 e. The van der Waals surface area contributed by atoms with Crippen LogP contribution in [0.4, 0.5) is 4.39 Å². The minimum atomic E-state index is -0.477. The molecule has 0 amide bonds. The molecule has 0 atom stereocenters. The predicted molar refractivity (Wildman–Crippen MR) is 53.1 cm³/mol. The third-order valence-corrected chi connectivity index (χ3v) is 2.70. The zero-order valence-electron chi connectivity index (χ0n) is 7.59. The molecule has 0 N–H and O–H groups in total. The largest absolute Gasteiger partial charge is 0.294 e. The molecule has 14 heavy (non-hydrogen) atoms. The zero-order chi connectivity index (χ0) is 10.1. The average Bonchev–Trinajstić information content (AvgIpc) is 2.93. The number of Topliss-reactive ketones (excluding diaryl/α,β-unsaturated/α-hetero) is 1. The van der Waals surface area contributed by atoms with E-state index in [2.05, 4.69) is 0 Å². The third kappa shape index (κ3) is 2.13. The van der Waals surface area contributed by atoms with Crippen molar-refractivity contribution in [2.45, 2.75) is 19.3 Å². The van der Waals surface area contributed by atoms with E-state index in [0.29, 0.717) is 17.9 Å². The lowest BCUT2D eigenvalue weighted by atomic mass is 10.1. The number of hydrogen-bond acceptors (Lipinski definition) is 1. The van der Waals surface area contributed by atoms with Crippen molar-refractivity contribution >= 4 is 17.4 Å². The Morgan fingerprint density at radius 1 is 1.50 bits per heavy atom. The van der Waals surface area contributed by atoms with Gasteiger partial charge in [-0.1, -0.05) is 11.6 Å². The van der Waals surface area contributed by atoms with Gasteiger partial charge in [0.15, 0.2) is 5.78 Å². The van der Waals surface area contributed by atoms with Gasteiger partial charge in [-0.05, 0) is 37.0 Å². The second-order valence-electron chi connectivity index (χ2n) is 3.70. The summed E-state index contributed by atoms with van der Waals surface area (Å²) in [5.74, 6) is 0.135. The fraction of sp³-hybridized carbons (Fsp3) is 0.364. The highest BCUT2D eigenvalue weighted by atomic mass is 35.5. The zero-order valence-corrected chi connectivity index (χ0v) is 8.35. The number of rotatable bonds is 3. The minimum Gasteiger partial charge on any atom is -0.294 e. The quantitative estimate of drug-likeness (QED) is 0.702. The molecule has 0 aliphatic heterocycles. The Bertz CT molecular complexity index is 372. The van der Waals surface area contributed by atoms with Crippen LogP contribution in [-0.4, -0.2) is 5.78 Å². The SMILES string of the molecule is O=C(CC1CC1)c1ccc(F)c(Cl)c1. The normalized spacial score (nSPS) is 15.6. The lowest BCUT2D eigenvalue weighted by Gasteiger charge is -2.00. The van der Waals surface area contributed by atoms with Crippen molar-refractivity contribution in [2.24, 2.45) is 5.92 Å². The van der Waals surface area contributed by atoms with Gasteiger partial charge in [0.1, 0.15) is 5.82 Å². The predicted octanol–water partition coefficient (Wildman–Crippen LogP) is 3.46. The molecule has 2 rings (SSSR count). The maximum absolute atomic E-state index is 12.8. The molecular weight excluding hydrogens is 203 g/mol. The second-order valence-corrected chi connectivity index (χ2v) is 4.11. The number of carbonyl (C=O) groups excluding carboxylic acids is 1. The third-order valence-electron chi connectivity index (χ3n) is 2.41. The van der Waals surface area contributed by atoms with Crippen LogP contribution in [0.5, 0.6) is 0 Å². The summed E-state index contributed by atoms with van der Waals surface area (Å²) in [4.78, 5) is 11.6. The molecule has 0 aromatic heterocycles. The second kappa shape index (κ2) is 3.70. The van der Waals surface area contributed by atoms with E-state index in [1.165, 1.54) is 18.2 Å². The Balaban J connectivity index is 2.14. The van der Waals surface area contributed by atoms with Crippen LogP contribution in [-0.2, 0) is 0 Å². The number of ketones is 1. The van der Waals surface area contributed by atoms with Crippen molar-refractivity contribution in [2.75, 3.05) is 0 Å². The van der Waals surface area contributed by atoms with Crippen LogP contribution in [0.1, 0.15) is 29.6 Å². The summed E-state index contributed by atoms with van der Waals surface area (Å²) in [6.07, 6.45) is 2.85. The Morgan fingerprint density at radius 2 is 2.21 bits per heavy atom. The summed E-state index contributed by atoms with van der Waals surface area (Å²) < 4.78 is 12.8. The van der Waals surface area contributed by atoms with E-state index in [9.17, 15) is 9.18 Å². The topological polar surface area (TPSA) is 17.1 Å². The molecule has 0 bridgehead atoms. The number of benzene rings is 1. The molecule has 1 nitrogen and oxygen atoms in total. The van der Waals surface area contributed by atoms with Crippen LogP contribution < -0.4 is 0 Å². The van der Waals surface area contributed by atoms with Gasteiger partial charge in [0.25, 0.3) is 0 Å². The highest BCUT2D eigenvalue weighted by Gasteiger charge is 2.25. The summed E-state index contributed by atoms with van der Waals surface area (Å²) >= 11 is 5.58. The summed E-state index contributed by atoms with van der Waals surface area (Å²) in [7, 11) is 0. The van der Waals surface area contributed by atoms with Gasteiger partial charge in [-0.15, -0.1) is 0 Å². The maximum atomic E-state index is 12.8. The number of halogens is 2. The van der Waals surface area contributed by atoms with Gasteiger partial charge in [-0.25, -0.2) is 4.39 Å². The maximum Gasteiger partial charge on any atom is 0.163 e. The number of carbonyl (C=O) groups is 1. The van der Waals surface area contributed by atoms with E-state index < -0.39 is 5.82 Å². The van der Waals surface area contributed by atoms with E-state index >= 15 is 0 Å². The molecule has 1 aliphatic rings. The van der Waals surface area contributed by atoms with Crippen LogP contribution in [0, 0.1) is 11.7 Å². The van der Waals surface area contributed by atoms with E-state index in [4.69, 9.17) is 11.6 Å². The van der Waals surface area contributed by atoms with Gasteiger partial charge in [-0.3, -0.25) is 4.79 Å². The molecule has 0 saturated heterocycles. The van der Waals surface area contributed by atoms with Crippen molar-refractivity contribution in [3.8, 4) is 0 Å². The van der Waals surface area contributed by atoms with Crippen LogP contribution in [0.15, 0.2) is 18.2 Å². The summed E-state index contributed by atoms with van der Waals surface area (Å²) in [5, 5.41) is 0.0200. The fourth-order valence-electron chi connectivity index (χ4n) is 1.37. The Labute approximate surface area is 86.9 Å². The molecular formula is C11H10ClFO. The molecule has 1 aromatic rings. The van der Waals surface area contributed by atoms with Crippen molar-refractivity contribution in [1.29, 1.82) is 0 Å². The monoisotopic (exact) mass is 212 g/mol. The molecule has 1 aromatic carbocycles. The highest BCUT2D eigenvalue weighted by molar-refractivity contribution is 6.31.